The summed E-state index contributed by atoms with van der Waals surface area (Å²) < 4.78 is 14.3. The Morgan fingerprint density at radius 2 is 2.04 bits per heavy atom. The molecule has 24 heavy (non-hydrogen) atoms. The van der Waals surface area contributed by atoms with Crippen LogP contribution in [0.1, 0.15) is 39.2 Å². The summed E-state index contributed by atoms with van der Waals surface area (Å²) in [6, 6.07) is 4.64. The average molecular weight is 335 g/mol. The quantitative estimate of drug-likeness (QED) is 0.868. The Balaban J connectivity index is 1.98. The molecule has 1 heterocycles. The first-order chi connectivity index (χ1) is 11.5. The second-order valence-corrected chi connectivity index (χ2v) is 6.05. The Labute approximate surface area is 142 Å². The zero-order chi connectivity index (χ0) is 17.7. The van der Waals surface area contributed by atoms with E-state index >= 15 is 0 Å². The fourth-order valence-corrected chi connectivity index (χ4v) is 3.20. The van der Waals surface area contributed by atoms with E-state index in [2.05, 4.69) is 5.32 Å². The van der Waals surface area contributed by atoms with Gasteiger partial charge in [-0.05, 0) is 44.4 Å². The molecule has 1 aromatic rings. The highest BCUT2D eigenvalue weighted by atomic mass is 19.1. The molecule has 0 spiro atoms. The van der Waals surface area contributed by atoms with E-state index in [1.807, 2.05) is 24.8 Å². The second kappa shape index (κ2) is 8.13. The molecular weight excluding hydrogens is 309 g/mol. The first-order valence-corrected chi connectivity index (χ1v) is 8.56. The molecule has 6 heteroatoms. The maximum absolute atomic E-state index is 14.3. The number of carbonyl (C=O) groups is 2. The predicted molar refractivity (Wildman–Crippen MR) is 92.2 cm³/mol. The van der Waals surface area contributed by atoms with Crippen LogP contribution in [0, 0.1) is 5.82 Å². The summed E-state index contributed by atoms with van der Waals surface area (Å²) in [6.07, 6.45) is 1.52. The monoisotopic (exact) mass is 335 g/mol. The molecule has 2 amide bonds. The first kappa shape index (κ1) is 18.2. The summed E-state index contributed by atoms with van der Waals surface area (Å²) in [6.45, 7) is 7.82. The molecule has 5 nitrogen and oxygen atoms in total. The van der Waals surface area contributed by atoms with Crippen LogP contribution in [0.3, 0.4) is 0 Å². The molecule has 0 unspecified atom stereocenters. The molecule has 2 rings (SSSR count). The molecule has 1 fully saturated rings. The van der Waals surface area contributed by atoms with E-state index in [4.69, 9.17) is 0 Å². The standard InChI is InChI=1S/C18H26FN3O2/c1-4-21(5-2)16-9-8-14(11-15(16)19)12-20-18(24)17-7-6-10-22(17)13(3)23/h8-9,11,17H,4-7,10,12H2,1-3H3,(H,20,24)/t17-/m1/s1. The fourth-order valence-electron chi connectivity index (χ4n) is 3.20. The molecule has 1 N–H and O–H groups in total. The molecule has 1 aliphatic heterocycles. The number of amides is 2. The van der Waals surface area contributed by atoms with Crippen LogP contribution in [-0.4, -0.2) is 42.4 Å². The Bertz CT molecular complexity index is 602. The predicted octanol–water partition coefficient (Wildman–Crippen LogP) is 2.30. The highest BCUT2D eigenvalue weighted by molar-refractivity contribution is 5.87. The normalized spacial score (nSPS) is 17.0. The van der Waals surface area contributed by atoms with Gasteiger partial charge in [-0.25, -0.2) is 4.39 Å². The first-order valence-electron chi connectivity index (χ1n) is 8.56. The van der Waals surface area contributed by atoms with Gasteiger partial charge in [-0.15, -0.1) is 0 Å². The summed E-state index contributed by atoms with van der Waals surface area (Å²) in [5, 5.41) is 2.82. The molecule has 0 bridgehead atoms. The van der Waals surface area contributed by atoms with Crippen molar-refractivity contribution < 1.29 is 14.0 Å². The van der Waals surface area contributed by atoms with Crippen molar-refractivity contribution in [3.8, 4) is 0 Å². The molecule has 132 valence electrons. The number of rotatable bonds is 6. The lowest BCUT2D eigenvalue weighted by atomic mass is 10.1. The largest absolute Gasteiger partial charge is 0.370 e. The van der Waals surface area contributed by atoms with Crippen LogP contribution in [0.15, 0.2) is 18.2 Å². The summed E-state index contributed by atoms with van der Waals surface area (Å²) in [5.74, 6) is -0.533. The van der Waals surface area contributed by atoms with Crippen LogP contribution < -0.4 is 10.2 Å². The van der Waals surface area contributed by atoms with E-state index in [-0.39, 0.29) is 24.2 Å². The van der Waals surface area contributed by atoms with E-state index < -0.39 is 6.04 Å². The third-order valence-electron chi connectivity index (χ3n) is 4.54. The Morgan fingerprint density at radius 3 is 2.62 bits per heavy atom. The van der Waals surface area contributed by atoms with Crippen LogP contribution in [-0.2, 0) is 16.1 Å². The maximum Gasteiger partial charge on any atom is 0.243 e. The van der Waals surface area contributed by atoms with Gasteiger partial charge in [-0.1, -0.05) is 6.07 Å². The molecule has 0 saturated carbocycles. The number of nitrogens with zero attached hydrogens (tertiary/aromatic N) is 2. The van der Waals surface area contributed by atoms with Crippen molar-refractivity contribution in [2.24, 2.45) is 0 Å². The van der Waals surface area contributed by atoms with E-state index in [0.717, 1.165) is 19.5 Å². The maximum atomic E-state index is 14.3. The molecule has 1 atom stereocenters. The molecule has 0 aliphatic carbocycles. The smallest absolute Gasteiger partial charge is 0.243 e. The molecular formula is C18H26FN3O2. The van der Waals surface area contributed by atoms with Gasteiger partial charge in [0.2, 0.25) is 11.8 Å². The van der Waals surface area contributed by atoms with Gasteiger partial charge in [0, 0.05) is 33.1 Å². The van der Waals surface area contributed by atoms with Gasteiger partial charge in [0.15, 0.2) is 0 Å². The van der Waals surface area contributed by atoms with E-state index in [0.29, 0.717) is 24.2 Å². The minimum Gasteiger partial charge on any atom is -0.370 e. The highest BCUT2D eigenvalue weighted by Crippen LogP contribution is 2.21. The third kappa shape index (κ3) is 4.04. The lowest BCUT2D eigenvalue weighted by molar-refractivity contribution is -0.136. The average Bonchev–Trinajstić information content (AvgIpc) is 3.05. The molecule has 0 aromatic heterocycles. The van der Waals surface area contributed by atoms with Crippen LogP contribution in [0.5, 0.6) is 0 Å². The number of hydrogen-bond acceptors (Lipinski definition) is 3. The summed E-state index contributed by atoms with van der Waals surface area (Å²) in [7, 11) is 0. The van der Waals surface area contributed by atoms with E-state index in [1.165, 1.54) is 13.0 Å². The lowest BCUT2D eigenvalue weighted by Gasteiger charge is -2.23. The van der Waals surface area contributed by atoms with Gasteiger partial charge in [0.1, 0.15) is 11.9 Å². The number of carbonyl (C=O) groups excluding carboxylic acids is 2. The minimum absolute atomic E-state index is 0.0812. The number of benzene rings is 1. The van der Waals surface area contributed by atoms with Crippen LogP contribution >= 0.6 is 0 Å². The SMILES string of the molecule is CCN(CC)c1ccc(CNC(=O)[C@H]2CCCN2C(C)=O)cc1F. The van der Waals surface area contributed by atoms with Gasteiger partial charge >= 0.3 is 0 Å². The minimum atomic E-state index is -0.401. The highest BCUT2D eigenvalue weighted by Gasteiger charge is 2.32. The molecule has 1 aliphatic rings. The summed E-state index contributed by atoms with van der Waals surface area (Å²) in [5.41, 5.74) is 1.29. The number of hydrogen-bond donors (Lipinski definition) is 1. The summed E-state index contributed by atoms with van der Waals surface area (Å²) >= 11 is 0. The van der Waals surface area contributed by atoms with Gasteiger partial charge in [-0.3, -0.25) is 9.59 Å². The van der Waals surface area contributed by atoms with Crippen molar-refractivity contribution in [3.05, 3.63) is 29.6 Å². The molecule has 1 aromatic carbocycles. The van der Waals surface area contributed by atoms with Crippen molar-refractivity contribution in [3.63, 3.8) is 0 Å². The van der Waals surface area contributed by atoms with Gasteiger partial charge < -0.3 is 15.1 Å². The number of nitrogens with one attached hydrogen (secondary N) is 1. The molecule has 1 saturated heterocycles. The van der Waals surface area contributed by atoms with E-state index in [9.17, 15) is 14.0 Å². The topological polar surface area (TPSA) is 52.7 Å². The Hall–Kier alpha value is -2.11. The zero-order valence-corrected chi connectivity index (χ0v) is 14.6. The van der Waals surface area contributed by atoms with Crippen molar-refractivity contribution in [2.75, 3.05) is 24.5 Å². The fraction of sp³-hybridized carbons (Fsp3) is 0.556. The van der Waals surface area contributed by atoms with Gasteiger partial charge in [0.05, 0.1) is 5.69 Å². The van der Waals surface area contributed by atoms with Gasteiger partial charge in [-0.2, -0.15) is 0 Å². The van der Waals surface area contributed by atoms with Gasteiger partial charge in [0.25, 0.3) is 0 Å². The third-order valence-corrected chi connectivity index (χ3v) is 4.54. The van der Waals surface area contributed by atoms with Crippen molar-refractivity contribution >= 4 is 17.5 Å². The van der Waals surface area contributed by atoms with Crippen LogP contribution in [0.25, 0.3) is 0 Å². The van der Waals surface area contributed by atoms with Crippen molar-refractivity contribution in [1.29, 1.82) is 0 Å². The second-order valence-electron chi connectivity index (χ2n) is 6.05. The Kier molecular flexibility index (Phi) is 6.17. The van der Waals surface area contributed by atoms with Crippen molar-refractivity contribution in [2.45, 2.75) is 46.2 Å². The van der Waals surface area contributed by atoms with Crippen LogP contribution in [0.2, 0.25) is 0 Å². The van der Waals surface area contributed by atoms with Crippen molar-refractivity contribution in [1.82, 2.24) is 10.2 Å². The lowest BCUT2D eigenvalue weighted by Crippen LogP contribution is -2.44. The number of halogens is 1. The molecule has 0 radical (unpaired) electrons. The summed E-state index contributed by atoms with van der Waals surface area (Å²) in [4.78, 5) is 27.4. The van der Waals surface area contributed by atoms with E-state index in [1.54, 1.807) is 11.0 Å². The van der Waals surface area contributed by atoms with Crippen LogP contribution in [0.4, 0.5) is 10.1 Å². The number of likely N-dealkylation sites (tertiary alicyclic amines) is 1. The Morgan fingerprint density at radius 1 is 1.33 bits per heavy atom. The zero-order valence-electron chi connectivity index (χ0n) is 14.6. The number of anilines is 1.